The van der Waals surface area contributed by atoms with Crippen LogP contribution < -0.4 is 5.69 Å². The SMILES string of the molecule is O=C(O)C=CC(=O)O.O=c1[nH]c2cc(Cl)ccc2n1C1CCN(CC2CCC(c3ccc(F)cc3)O2)CC1. The lowest BCUT2D eigenvalue weighted by atomic mass is 10.0. The first-order chi connectivity index (χ1) is 18.2. The molecule has 0 radical (unpaired) electrons. The molecule has 2 atom stereocenters. The van der Waals surface area contributed by atoms with Gasteiger partial charge in [0.15, 0.2) is 0 Å². The zero-order valence-corrected chi connectivity index (χ0v) is 21.3. The number of hydrogen-bond acceptors (Lipinski definition) is 5. The van der Waals surface area contributed by atoms with Crippen molar-refractivity contribution in [1.82, 2.24) is 14.5 Å². The van der Waals surface area contributed by atoms with Gasteiger partial charge in [-0.1, -0.05) is 23.7 Å². The maximum atomic E-state index is 13.1. The predicted molar refractivity (Wildman–Crippen MR) is 140 cm³/mol. The van der Waals surface area contributed by atoms with Gasteiger partial charge in [-0.2, -0.15) is 0 Å². The van der Waals surface area contributed by atoms with E-state index in [1.165, 1.54) is 12.1 Å². The fourth-order valence-corrected chi connectivity index (χ4v) is 5.19. The Morgan fingerprint density at radius 3 is 2.32 bits per heavy atom. The summed E-state index contributed by atoms with van der Waals surface area (Å²) in [6.07, 6.45) is 5.24. The van der Waals surface area contributed by atoms with Crippen LogP contribution in [-0.2, 0) is 14.3 Å². The molecule has 2 saturated heterocycles. The smallest absolute Gasteiger partial charge is 0.328 e. The first-order valence-corrected chi connectivity index (χ1v) is 12.7. The molecule has 2 aliphatic rings. The van der Waals surface area contributed by atoms with E-state index in [-0.39, 0.29) is 29.8 Å². The number of likely N-dealkylation sites (tertiary alicyclic amines) is 1. The molecule has 0 bridgehead atoms. The van der Waals surface area contributed by atoms with E-state index in [9.17, 15) is 18.8 Å². The molecule has 1 aromatic heterocycles. The van der Waals surface area contributed by atoms with Crippen LogP contribution in [-0.4, -0.2) is 62.3 Å². The van der Waals surface area contributed by atoms with Gasteiger partial charge in [-0.3, -0.25) is 4.57 Å². The summed E-state index contributed by atoms with van der Waals surface area (Å²) >= 11 is 6.06. The number of ether oxygens (including phenoxy) is 1. The standard InChI is InChI=1S/C23H25ClFN3O2.C4H4O4/c24-16-3-7-21-20(13-16)26-23(29)28(21)18-9-11-27(12-10-18)14-19-6-8-22(30-19)15-1-4-17(25)5-2-15;5-3(6)1-2-4(7)8/h1-5,7,13,18-19,22H,6,8-12,14H2,(H,26,29);1-2H,(H,5,6)(H,7,8). The average Bonchev–Trinajstić information content (AvgIpc) is 3.47. The summed E-state index contributed by atoms with van der Waals surface area (Å²) in [4.78, 5) is 37.0. The lowest BCUT2D eigenvalue weighted by Crippen LogP contribution is -2.40. The first-order valence-electron chi connectivity index (χ1n) is 12.4. The molecular weight excluding hydrogens is 517 g/mol. The van der Waals surface area contributed by atoms with Crippen molar-refractivity contribution in [3.05, 3.63) is 81.5 Å². The third kappa shape index (κ3) is 7.09. The van der Waals surface area contributed by atoms with Crippen molar-refractivity contribution in [2.45, 2.75) is 43.9 Å². The third-order valence-electron chi connectivity index (χ3n) is 6.78. The number of aromatic nitrogens is 2. The number of piperidine rings is 1. The number of carboxylic acids is 2. The van der Waals surface area contributed by atoms with Crippen molar-refractivity contribution in [3.8, 4) is 0 Å². The number of imidazole rings is 1. The van der Waals surface area contributed by atoms with Crippen molar-refractivity contribution in [2.75, 3.05) is 19.6 Å². The molecule has 2 aromatic carbocycles. The van der Waals surface area contributed by atoms with Crippen LogP contribution in [0.4, 0.5) is 4.39 Å². The maximum absolute atomic E-state index is 13.1. The molecule has 2 aliphatic heterocycles. The Morgan fingerprint density at radius 2 is 1.68 bits per heavy atom. The lowest BCUT2D eigenvalue weighted by molar-refractivity contribution is -0.134. The van der Waals surface area contributed by atoms with E-state index in [4.69, 9.17) is 26.6 Å². The number of nitrogens with zero attached hydrogens (tertiary/aromatic N) is 2. The van der Waals surface area contributed by atoms with Crippen LogP contribution in [0.5, 0.6) is 0 Å². The summed E-state index contributed by atoms with van der Waals surface area (Å²) in [6, 6.07) is 12.4. The molecular formula is C27H29ClFN3O6. The number of aliphatic carboxylic acids is 2. The van der Waals surface area contributed by atoms with Crippen molar-refractivity contribution in [3.63, 3.8) is 0 Å². The highest BCUT2D eigenvalue weighted by molar-refractivity contribution is 6.31. The Morgan fingerprint density at radius 1 is 1.03 bits per heavy atom. The van der Waals surface area contributed by atoms with Crippen LogP contribution in [0.2, 0.25) is 5.02 Å². The Balaban J connectivity index is 0.000000368. The van der Waals surface area contributed by atoms with Gasteiger partial charge in [-0.15, -0.1) is 0 Å². The normalized spacial score (nSPS) is 20.5. The lowest BCUT2D eigenvalue weighted by Gasteiger charge is -2.33. The molecule has 11 heteroatoms. The molecule has 0 spiro atoms. The second-order valence-corrected chi connectivity index (χ2v) is 9.82. The highest BCUT2D eigenvalue weighted by atomic mass is 35.5. The van der Waals surface area contributed by atoms with Crippen LogP contribution in [0.1, 0.15) is 43.4 Å². The largest absolute Gasteiger partial charge is 0.478 e. The quantitative estimate of drug-likeness (QED) is 0.392. The Bertz CT molecular complexity index is 1350. The topological polar surface area (TPSA) is 125 Å². The summed E-state index contributed by atoms with van der Waals surface area (Å²) in [5, 5.41) is 16.3. The van der Waals surface area contributed by atoms with E-state index in [1.54, 1.807) is 6.07 Å². The van der Waals surface area contributed by atoms with Crippen LogP contribution >= 0.6 is 11.6 Å². The van der Waals surface area contributed by atoms with Crippen molar-refractivity contribution in [2.24, 2.45) is 0 Å². The zero-order valence-electron chi connectivity index (χ0n) is 20.6. The second-order valence-electron chi connectivity index (χ2n) is 9.38. The Hall–Kier alpha value is -3.47. The Kier molecular flexibility index (Phi) is 8.98. The van der Waals surface area contributed by atoms with Gasteiger partial charge >= 0.3 is 17.6 Å². The fraction of sp³-hybridized carbons (Fsp3) is 0.370. The van der Waals surface area contributed by atoms with E-state index >= 15 is 0 Å². The van der Waals surface area contributed by atoms with Crippen LogP contribution in [0.25, 0.3) is 11.0 Å². The molecule has 3 heterocycles. The monoisotopic (exact) mass is 545 g/mol. The van der Waals surface area contributed by atoms with Crippen molar-refractivity contribution < 1.29 is 28.9 Å². The van der Waals surface area contributed by atoms with Crippen molar-refractivity contribution >= 4 is 34.6 Å². The molecule has 2 unspecified atom stereocenters. The molecule has 0 amide bonds. The number of halogens is 2. The minimum atomic E-state index is -1.26. The molecule has 2 fully saturated rings. The first kappa shape index (κ1) is 27.6. The number of fused-ring (bicyclic) bond motifs is 1. The van der Waals surface area contributed by atoms with Gasteiger partial charge in [-0.25, -0.2) is 18.8 Å². The maximum Gasteiger partial charge on any atom is 0.328 e. The highest BCUT2D eigenvalue weighted by Gasteiger charge is 2.30. The molecule has 0 saturated carbocycles. The van der Waals surface area contributed by atoms with Gasteiger partial charge in [0.25, 0.3) is 0 Å². The molecule has 9 nitrogen and oxygen atoms in total. The second kappa shape index (κ2) is 12.4. The summed E-state index contributed by atoms with van der Waals surface area (Å²) in [5.41, 5.74) is 2.70. The number of carbonyl (C=O) groups is 2. The summed E-state index contributed by atoms with van der Waals surface area (Å²) < 4.78 is 21.3. The van der Waals surface area contributed by atoms with Gasteiger partial charge in [0.2, 0.25) is 0 Å². The third-order valence-corrected chi connectivity index (χ3v) is 7.02. The van der Waals surface area contributed by atoms with E-state index in [2.05, 4.69) is 9.88 Å². The highest BCUT2D eigenvalue weighted by Crippen LogP contribution is 2.34. The van der Waals surface area contributed by atoms with Crippen LogP contribution in [0.3, 0.4) is 0 Å². The van der Waals surface area contributed by atoms with Crippen LogP contribution in [0, 0.1) is 5.82 Å². The summed E-state index contributed by atoms with van der Waals surface area (Å²) in [7, 11) is 0. The van der Waals surface area contributed by atoms with Gasteiger partial charge in [-0.05, 0) is 61.6 Å². The minimum absolute atomic E-state index is 0.0600. The molecule has 38 heavy (non-hydrogen) atoms. The molecule has 3 aromatic rings. The number of aromatic amines is 1. The number of carboxylic acid groups (broad SMARTS) is 2. The Labute approximate surface area is 223 Å². The number of hydrogen-bond donors (Lipinski definition) is 3. The number of nitrogens with one attached hydrogen (secondary N) is 1. The van der Waals surface area contributed by atoms with E-state index in [0.29, 0.717) is 17.2 Å². The predicted octanol–water partition coefficient (Wildman–Crippen LogP) is 4.39. The van der Waals surface area contributed by atoms with E-state index < -0.39 is 11.9 Å². The van der Waals surface area contributed by atoms with Gasteiger partial charge in [0, 0.05) is 42.9 Å². The summed E-state index contributed by atoms with van der Waals surface area (Å²) in [5.74, 6) is -2.73. The number of rotatable bonds is 6. The zero-order chi connectivity index (χ0) is 27.2. The molecule has 0 aliphatic carbocycles. The molecule has 3 N–H and O–H groups in total. The number of H-pyrrole nitrogens is 1. The molecule has 5 rings (SSSR count). The van der Waals surface area contributed by atoms with E-state index in [1.807, 2.05) is 28.8 Å². The van der Waals surface area contributed by atoms with E-state index in [0.717, 1.165) is 61.9 Å². The van der Waals surface area contributed by atoms with Crippen molar-refractivity contribution in [1.29, 1.82) is 0 Å². The number of benzene rings is 2. The van der Waals surface area contributed by atoms with Gasteiger partial charge in [0.1, 0.15) is 5.82 Å². The van der Waals surface area contributed by atoms with Crippen LogP contribution in [0.15, 0.2) is 59.4 Å². The average molecular weight is 546 g/mol. The molecule has 202 valence electrons. The van der Waals surface area contributed by atoms with Gasteiger partial charge in [0.05, 0.1) is 23.2 Å². The fourth-order valence-electron chi connectivity index (χ4n) is 5.02. The summed E-state index contributed by atoms with van der Waals surface area (Å²) in [6.45, 7) is 2.79. The minimum Gasteiger partial charge on any atom is -0.478 e. The van der Waals surface area contributed by atoms with Gasteiger partial charge < -0.3 is 24.8 Å².